The van der Waals surface area contributed by atoms with E-state index >= 15 is 0 Å². The lowest BCUT2D eigenvalue weighted by Crippen LogP contribution is -1.55. The number of allylic oxidation sites excluding steroid dienone is 2. The predicted octanol–water partition coefficient (Wildman–Crippen LogP) is 3.53. The molecular weight excluding hydrogens is 122 g/mol. The summed E-state index contributed by atoms with van der Waals surface area (Å²) < 4.78 is 0. The number of hydrogen-bond donors (Lipinski definition) is 0. The molecule has 0 saturated heterocycles. The van der Waals surface area contributed by atoms with Crippen molar-refractivity contribution in [1.82, 2.24) is 0 Å². The first-order chi connectivity index (χ1) is 4.77. The van der Waals surface area contributed by atoms with Gasteiger partial charge in [0.1, 0.15) is 0 Å². The molecule has 0 aromatic carbocycles. The van der Waals surface area contributed by atoms with Gasteiger partial charge in [-0.1, -0.05) is 33.3 Å². The maximum absolute atomic E-state index is 7.91. The van der Waals surface area contributed by atoms with Gasteiger partial charge in [0.15, 0.2) is 0 Å². The highest BCUT2D eigenvalue weighted by Crippen LogP contribution is 1.82. The van der Waals surface area contributed by atoms with Crippen LogP contribution in [0.4, 0.5) is 0 Å². The standard InChI is InChI=1S/C5H7N.2C2H6/c1-5(2)3-4-6;2*1-2/h3H,1-2H3;2*1-2H3. The molecule has 0 aliphatic heterocycles. The van der Waals surface area contributed by atoms with Crippen LogP contribution < -0.4 is 0 Å². The van der Waals surface area contributed by atoms with Gasteiger partial charge in [-0.2, -0.15) is 5.26 Å². The molecule has 10 heavy (non-hydrogen) atoms. The molecule has 1 heteroatoms. The van der Waals surface area contributed by atoms with Crippen LogP contribution in [0.1, 0.15) is 41.5 Å². The van der Waals surface area contributed by atoms with Crippen molar-refractivity contribution in [2.24, 2.45) is 0 Å². The lowest BCUT2D eigenvalue weighted by Gasteiger charge is -1.71. The molecule has 0 fully saturated rings. The van der Waals surface area contributed by atoms with E-state index in [0.29, 0.717) is 0 Å². The average molecular weight is 141 g/mol. The first-order valence-corrected chi connectivity index (χ1v) is 3.80. The van der Waals surface area contributed by atoms with Gasteiger partial charge in [-0.15, -0.1) is 0 Å². The van der Waals surface area contributed by atoms with E-state index in [1.807, 2.05) is 47.6 Å². The van der Waals surface area contributed by atoms with Crippen molar-refractivity contribution in [1.29, 1.82) is 5.26 Å². The number of hydrogen-bond acceptors (Lipinski definition) is 1. The Morgan fingerprint density at radius 2 is 1.40 bits per heavy atom. The Morgan fingerprint density at radius 3 is 1.40 bits per heavy atom. The maximum Gasteiger partial charge on any atom is 0.0911 e. The van der Waals surface area contributed by atoms with Gasteiger partial charge < -0.3 is 0 Å². The van der Waals surface area contributed by atoms with Gasteiger partial charge in [0.2, 0.25) is 0 Å². The van der Waals surface area contributed by atoms with Crippen LogP contribution in [0.25, 0.3) is 0 Å². The molecule has 60 valence electrons. The normalized spacial score (nSPS) is 4.90. The molecule has 0 aliphatic rings. The van der Waals surface area contributed by atoms with Crippen molar-refractivity contribution < 1.29 is 0 Å². The minimum absolute atomic E-state index is 1.05. The van der Waals surface area contributed by atoms with E-state index in [9.17, 15) is 0 Å². The maximum atomic E-state index is 7.91. The molecule has 0 aliphatic carbocycles. The predicted molar refractivity (Wildman–Crippen MR) is 47.7 cm³/mol. The van der Waals surface area contributed by atoms with E-state index in [0.717, 1.165) is 5.57 Å². The van der Waals surface area contributed by atoms with Gasteiger partial charge in [-0.25, -0.2) is 0 Å². The molecule has 0 heterocycles. The van der Waals surface area contributed by atoms with Gasteiger partial charge in [-0.05, 0) is 13.8 Å². The Morgan fingerprint density at radius 1 is 1.10 bits per heavy atom. The number of nitriles is 1. The summed E-state index contributed by atoms with van der Waals surface area (Å²) in [6.45, 7) is 11.8. The van der Waals surface area contributed by atoms with Crippen molar-refractivity contribution in [3.63, 3.8) is 0 Å². The van der Waals surface area contributed by atoms with E-state index in [1.54, 1.807) is 0 Å². The smallest absolute Gasteiger partial charge is 0.0911 e. The summed E-state index contributed by atoms with van der Waals surface area (Å²) in [6, 6.07) is 1.91. The number of nitrogens with zero attached hydrogens (tertiary/aromatic N) is 1. The van der Waals surface area contributed by atoms with Crippen molar-refractivity contribution in [2.45, 2.75) is 41.5 Å². The first-order valence-electron chi connectivity index (χ1n) is 3.80. The fourth-order valence-electron chi connectivity index (χ4n) is 0.129. The third-order valence-corrected chi connectivity index (χ3v) is 0.353. The van der Waals surface area contributed by atoms with Gasteiger partial charge in [0.25, 0.3) is 0 Å². The Kier molecular flexibility index (Phi) is 38.7. The van der Waals surface area contributed by atoms with E-state index in [-0.39, 0.29) is 0 Å². The molecule has 1 nitrogen and oxygen atoms in total. The molecule has 0 aromatic heterocycles. The van der Waals surface area contributed by atoms with Crippen LogP contribution in [0.2, 0.25) is 0 Å². The molecule has 0 saturated carbocycles. The molecule has 0 atom stereocenters. The minimum Gasteiger partial charge on any atom is -0.193 e. The van der Waals surface area contributed by atoms with Gasteiger partial charge in [-0.3, -0.25) is 0 Å². The van der Waals surface area contributed by atoms with Crippen LogP contribution >= 0.6 is 0 Å². The molecular formula is C9H19N. The minimum atomic E-state index is 1.05. The van der Waals surface area contributed by atoms with Crippen LogP contribution in [0.3, 0.4) is 0 Å². The van der Waals surface area contributed by atoms with Gasteiger partial charge in [0.05, 0.1) is 6.07 Å². The van der Waals surface area contributed by atoms with E-state index < -0.39 is 0 Å². The van der Waals surface area contributed by atoms with E-state index in [2.05, 4.69) is 0 Å². The van der Waals surface area contributed by atoms with E-state index in [4.69, 9.17) is 5.26 Å². The topological polar surface area (TPSA) is 23.8 Å². The molecule has 0 amide bonds. The molecule has 0 spiro atoms. The van der Waals surface area contributed by atoms with Crippen LogP contribution in [0.15, 0.2) is 11.6 Å². The SMILES string of the molecule is CC.CC.CC(C)=CC#N. The second-order valence-corrected chi connectivity index (χ2v) is 1.35. The van der Waals surface area contributed by atoms with Crippen molar-refractivity contribution in [3.05, 3.63) is 11.6 Å². The van der Waals surface area contributed by atoms with Crippen molar-refractivity contribution in [3.8, 4) is 6.07 Å². The Hall–Kier alpha value is -0.770. The zero-order chi connectivity index (χ0) is 8.99. The fraction of sp³-hybridized carbons (Fsp3) is 0.667. The quantitative estimate of drug-likeness (QED) is 0.473. The monoisotopic (exact) mass is 141 g/mol. The first kappa shape index (κ1) is 16.1. The van der Waals surface area contributed by atoms with Gasteiger partial charge >= 0.3 is 0 Å². The molecule has 0 aromatic rings. The highest BCUT2D eigenvalue weighted by molar-refractivity contribution is 5.08. The van der Waals surface area contributed by atoms with Crippen molar-refractivity contribution >= 4 is 0 Å². The lowest BCUT2D eigenvalue weighted by molar-refractivity contribution is 1.39. The summed E-state index contributed by atoms with van der Waals surface area (Å²) in [6.07, 6.45) is 1.51. The van der Waals surface area contributed by atoms with Crippen LogP contribution in [0, 0.1) is 11.3 Å². The molecule has 0 unspecified atom stereocenters. The Balaban J connectivity index is -0.000000105. The third kappa shape index (κ3) is 56.4. The Bertz CT molecular complexity index is 91.8. The van der Waals surface area contributed by atoms with E-state index in [1.165, 1.54) is 6.08 Å². The average Bonchev–Trinajstić information content (AvgIpc) is 1.96. The van der Waals surface area contributed by atoms with Crippen LogP contribution in [0.5, 0.6) is 0 Å². The van der Waals surface area contributed by atoms with Crippen LogP contribution in [-0.2, 0) is 0 Å². The second kappa shape index (κ2) is 24.0. The molecule has 0 radical (unpaired) electrons. The summed E-state index contributed by atoms with van der Waals surface area (Å²) in [7, 11) is 0. The molecule has 0 rings (SSSR count). The lowest BCUT2D eigenvalue weighted by atomic mass is 10.3. The van der Waals surface area contributed by atoms with Crippen LogP contribution in [-0.4, -0.2) is 0 Å². The number of rotatable bonds is 0. The summed E-state index contributed by atoms with van der Waals surface area (Å²) >= 11 is 0. The highest BCUT2D eigenvalue weighted by atomic mass is 14.2. The zero-order valence-electron chi connectivity index (χ0n) is 8.02. The van der Waals surface area contributed by atoms with Gasteiger partial charge in [0, 0.05) is 6.08 Å². The summed E-state index contributed by atoms with van der Waals surface area (Å²) in [5.74, 6) is 0. The largest absolute Gasteiger partial charge is 0.193 e. The fourth-order valence-corrected chi connectivity index (χ4v) is 0.129. The summed E-state index contributed by atoms with van der Waals surface area (Å²) in [4.78, 5) is 0. The Labute approximate surface area is 65.4 Å². The van der Waals surface area contributed by atoms with Crippen molar-refractivity contribution in [2.75, 3.05) is 0 Å². The summed E-state index contributed by atoms with van der Waals surface area (Å²) in [5, 5.41) is 7.91. The zero-order valence-corrected chi connectivity index (χ0v) is 8.02. The highest BCUT2D eigenvalue weighted by Gasteiger charge is 1.66. The third-order valence-electron chi connectivity index (χ3n) is 0.353. The second-order valence-electron chi connectivity index (χ2n) is 1.35. The molecule has 0 N–H and O–H groups in total. The summed E-state index contributed by atoms with van der Waals surface area (Å²) in [5.41, 5.74) is 1.05. The molecule has 0 bridgehead atoms.